The SMILES string of the molecule is O=C(CNCC1CC1)NC(CCO)C(=O)O. The molecule has 1 aliphatic carbocycles. The van der Waals surface area contributed by atoms with E-state index in [0.29, 0.717) is 5.92 Å². The number of aliphatic hydroxyl groups is 1. The molecule has 0 radical (unpaired) electrons. The molecule has 1 saturated carbocycles. The lowest BCUT2D eigenvalue weighted by Crippen LogP contribution is -2.45. The lowest BCUT2D eigenvalue weighted by Gasteiger charge is -2.13. The van der Waals surface area contributed by atoms with Gasteiger partial charge in [0.1, 0.15) is 6.04 Å². The Balaban J connectivity index is 2.15. The fraction of sp³-hybridized carbons (Fsp3) is 0.800. The van der Waals surface area contributed by atoms with E-state index in [4.69, 9.17) is 10.2 Å². The van der Waals surface area contributed by atoms with Gasteiger partial charge < -0.3 is 20.8 Å². The van der Waals surface area contributed by atoms with Crippen LogP contribution in [0.3, 0.4) is 0 Å². The van der Waals surface area contributed by atoms with Crippen LogP contribution < -0.4 is 10.6 Å². The Labute approximate surface area is 94.0 Å². The Bertz CT molecular complexity index is 253. The quantitative estimate of drug-likeness (QED) is 0.426. The van der Waals surface area contributed by atoms with Crippen LogP contribution in [0.1, 0.15) is 19.3 Å². The van der Waals surface area contributed by atoms with Gasteiger partial charge in [0.15, 0.2) is 0 Å². The predicted molar refractivity (Wildman–Crippen MR) is 56.9 cm³/mol. The van der Waals surface area contributed by atoms with Crippen molar-refractivity contribution in [3.05, 3.63) is 0 Å². The van der Waals surface area contributed by atoms with Gasteiger partial charge in [-0.3, -0.25) is 4.79 Å². The minimum absolute atomic E-state index is 0.0314. The molecule has 6 heteroatoms. The number of rotatable bonds is 8. The number of carbonyl (C=O) groups is 2. The van der Waals surface area contributed by atoms with Gasteiger partial charge in [-0.25, -0.2) is 4.79 Å². The van der Waals surface area contributed by atoms with Crippen molar-refractivity contribution >= 4 is 11.9 Å². The van der Waals surface area contributed by atoms with Gasteiger partial charge in [-0.15, -0.1) is 0 Å². The number of hydrogen-bond donors (Lipinski definition) is 4. The second kappa shape index (κ2) is 6.44. The summed E-state index contributed by atoms with van der Waals surface area (Å²) in [7, 11) is 0. The van der Waals surface area contributed by atoms with E-state index in [9.17, 15) is 9.59 Å². The van der Waals surface area contributed by atoms with Crippen molar-refractivity contribution in [1.29, 1.82) is 0 Å². The highest BCUT2D eigenvalue weighted by Gasteiger charge is 2.22. The average molecular weight is 230 g/mol. The molecule has 1 fully saturated rings. The highest BCUT2D eigenvalue weighted by molar-refractivity contribution is 5.84. The lowest BCUT2D eigenvalue weighted by molar-refractivity contribution is -0.142. The molecule has 0 spiro atoms. The third kappa shape index (κ3) is 5.09. The number of carboxylic acid groups (broad SMARTS) is 1. The molecule has 16 heavy (non-hydrogen) atoms. The summed E-state index contributed by atoms with van der Waals surface area (Å²) in [6.07, 6.45) is 2.44. The molecule has 0 aromatic heterocycles. The molecule has 1 rings (SSSR count). The molecule has 0 bridgehead atoms. The Morgan fingerprint density at radius 3 is 2.56 bits per heavy atom. The van der Waals surface area contributed by atoms with E-state index in [2.05, 4.69) is 10.6 Å². The summed E-state index contributed by atoms with van der Waals surface area (Å²) in [6, 6.07) is -1.000. The van der Waals surface area contributed by atoms with Crippen LogP contribution in [0.5, 0.6) is 0 Å². The summed E-state index contributed by atoms with van der Waals surface area (Å²) >= 11 is 0. The van der Waals surface area contributed by atoms with Crippen molar-refractivity contribution in [2.75, 3.05) is 19.7 Å². The zero-order chi connectivity index (χ0) is 12.0. The highest BCUT2D eigenvalue weighted by atomic mass is 16.4. The largest absolute Gasteiger partial charge is 0.480 e. The van der Waals surface area contributed by atoms with E-state index in [1.165, 1.54) is 12.8 Å². The van der Waals surface area contributed by atoms with Crippen LogP contribution in [0.15, 0.2) is 0 Å². The van der Waals surface area contributed by atoms with Crippen molar-refractivity contribution in [1.82, 2.24) is 10.6 Å². The molecule has 4 N–H and O–H groups in total. The lowest BCUT2D eigenvalue weighted by atomic mass is 10.2. The first kappa shape index (κ1) is 12.9. The van der Waals surface area contributed by atoms with E-state index in [1.807, 2.05) is 0 Å². The predicted octanol–water partition coefficient (Wildman–Crippen LogP) is -1.06. The summed E-state index contributed by atoms with van der Waals surface area (Å²) < 4.78 is 0. The van der Waals surface area contributed by atoms with Gasteiger partial charge >= 0.3 is 5.97 Å². The Kier molecular flexibility index (Phi) is 5.21. The monoisotopic (exact) mass is 230 g/mol. The number of carbonyl (C=O) groups excluding carboxylic acids is 1. The van der Waals surface area contributed by atoms with E-state index in [0.717, 1.165) is 6.54 Å². The second-order valence-electron chi connectivity index (χ2n) is 4.04. The molecule has 1 unspecified atom stereocenters. The first-order chi connectivity index (χ1) is 7.63. The number of aliphatic carboxylic acids is 1. The minimum atomic E-state index is -1.12. The van der Waals surface area contributed by atoms with Crippen molar-refractivity contribution in [2.24, 2.45) is 5.92 Å². The molecule has 1 atom stereocenters. The number of amides is 1. The van der Waals surface area contributed by atoms with Gasteiger partial charge in [0, 0.05) is 13.0 Å². The van der Waals surface area contributed by atoms with Gasteiger partial charge in [0.25, 0.3) is 0 Å². The van der Waals surface area contributed by atoms with Crippen LogP contribution >= 0.6 is 0 Å². The molecule has 92 valence electrons. The van der Waals surface area contributed by atoms with Crippen LogP contribution in [-0.2, 0) is 9.59 Å². The average Bonchev–Trinajstić information content (AvgIpc) is 3.01. The molecule has 0 heterocycles. The topological polar surface area (TPSA) is 98.7 Å². The van der Waals surface area contributed by atoms with Crippen LogP contribution in [0.4, 0.5) is 0 Å². The Hall–Kier alpha value is -1.14. The summed E-state index contributed by atoms with van der Waals surface area (Å²) in [6.45, 7) is 0.684. The van der Waals surface area contributed by atoms with Crippen LogP contribution in [-0.4, -0.2) is 47.8 Å². The van der Waals surface area contributed by atoms with E-state index in [1.54, 1.807) is 0 Å². The van der Waals surface area contributed by atoms with Crippen LogP contribution in [0.25, 0.3) is 0 Å². The van der Waals surface area contributed by atoms with Crippen molar-refractivity contribution in [3.63, 3.8) is 0 Å². The number of hydrogen-bond acceptors (Lipinski definition) is 4. The molecule has 0 aromatic rings. The standard InChI is InChI=1S/C10H18N2O4/c13-4-3-8(10(15)16)12-9(14)6-11-5-7-1-2-7/h7-8,11,13H,1-6H2,(H,12,14)(H,15,16). The molecule has 0 aromatic carbocycles. The Morgan fingerprint density at radius 2 is 2.06 bits per heavy atom. The van der Waals surface area contributed by atoms with Gasteiger partial charge in [-0.2, -0.15) is 0 Å². The van der Waals surface area contributed by atoms with Crippen LogP contribution in [0.2, 0.25) is 0 Å². The molecule has 1 amide bonds. The van der Waals surface area contributed by atoms with Crippen LogP contribution in [0, 0.1) is 5.92 Å². The number of carboxylic acids is 1. The smallest absolute Gasteiger partial charge is 0.326 e. The number of aliphatic hydroxyl groups excluding tert-OH is 1. The second-order valence-corrected chi connectivity index (χ2v) is 4.04. The van der Waals surface area contributed by atoms with Crippen molar-refractivity contribution < 1.29 is 19.8 Å². The number of nitrogens with one attached hydrogen (secondary N) is 2. The maximum atomic E-state index is 11.3. The molecular weight excluding hydrogens is 212 g/mol. The summed E-state index contributed by atoms with van der Waals surface area (Å²) in [5.41, 5.74) is 0. The van der Waals surface area contributed by atoms with Gasteiger partial charge in [0.05, 0.1) is 6.54 Å². The van der Waals surface area contributed by atoms with Gasteiger partial charge in [-0.1, -0.05) is 0 Å². The Morgan fingerprint density at radius 1 is 1.38 bits per heavy atom. The third-order valence-electron chi connectivity index (χ3n) is 2.47. The third-order valence-corrected chi connectivity index (χ3v) is 2.47. The molecule has 1 aliphatic rings. The van der Waals surface area contributed by atoms with E-state index < -0.39 is 12.0 Å². The molecule has 0 aliphatic heterocycles. The summed E-state index contributed by atoms with van der Waals surface area (Å²) in [5, 5.41) is 22.7. The molecule has 6 nitrogen and oxygen atoms in total. The van der Waals surface area contributed by atoms with E-state index >= 15 is 0 Å². The molecular formula is C10H18N2O4. The van der Waals surface area contributed by atoms with Gasteiger partial charge in [0.2, 0.25) is 5.91 Å². The summed E-state index contributed by atoms with van der Waals surface area (Å²) in [5.74, 6) is -0.786. The first-order valence-electron chi connectivity index (χ1n) is 5.47. The zero-order valence-electron chi connectivity index (χ0n) is 9.11. The maximum absolute atomic E-state index is 11.3. The van der Waals surface area contributed by atoms with Gasteiger partial charge in [-0.05, 0) is 25.3 Å². The van der Waals surface area contributed by atoms with Crippen molar-refractivity contribution in [3.8, 4) is 0 Å². The van der Waals surface area contributed by atoms with Crippen molar-refractivity contribution in [2.45, 2.75) is 25.3 Å². The normalized spacial score (nSPS) is 16.8. The molecule has 0 saturated heterocycles. The minimum Gasteiger partial charge on any atom is -0.480 e. The highest BCUT2D eigenvalue weighted by Crippen LogP contribution is 2.27. The summed E-state index contributed by atoms with van der Waals surface area (Å²) in [4.78, 5) is 22.0. The fourth-order valence-corrected chi connectivity index (χ4v) is 1.34. The van der Waals surface area contributed by atoms with E-state index in [-0.39, 0.29) is 25.5 Å². The first-order valence-corrected chi connectivity index (χ1v) is 5.47. The fourth-order valence-electron chi connectivity index (χ4n) is 1.34. The zero-order valence-corrected chi connectivity index (χ0v) is 9.11. The maximum Gasteiger partial charge on any atom is 0.326 e.